The SMILES string of the molecule is FC(F)(F)[C](C(F)(F)C(F)(F)F)C(F)(F)C(F)(F)F. The van der Waals surface area contributed by atoms with Crippen LogP contribution in [0.4, 0.5) is 57.1 Å². The van der Waals surface area contributed by atoms with Crippen molar-refractivity contribution < 1.29 is 57.1 Å². The summed E-state index contributed by atoms with van der Waals surface area (Å²) in [5.74, 6) is -20.0. The number of rotatable bonds is 2. The molecule has 0 saturated heterocycles. The third-order valence-electron chi connectivity index (χ3n) is 1.62. The summed E-state index contributed by atoms with van der Waals surface area (Å²) in [7, 11) is 0. The summed E-state index contributed by atoms with van der Waals surface area (Å²) < 4.78 is 154. The smallest absolute Gasteiger partial charge is 0.195 e. The van der Waals surface area contributed by atoms with Crippen LogP contribution in [0.3, 0.4) is 0 Å². The van der Waals surface area contributed by atoms with Crippen LogP contribution in [0, 0.1) is 5.92 Å². The standard InChI is InChI=1S/C6F13/c7-2(8,5(14,15)16)1(4(11,12)13)3(9,10)6(17,18)19. The van der Waals surface area contributed by atoms with E-state index in [2.05, 4.69) is 0 Å². The molecule has 0 aromatic rings. The summed E-state index contributed by atoms with van der Waals surface area (Å²) in [6.07, 6.45) is -21.8. The first-order valence-electron chi connectivity index (χ1n) is 3.71. The lowest BCUT2D eigenvalue weighted by molar-refractivity contribution is -0.355. The monoisotopic (exact) mass is 319 g/mol. The molecule has 115 valence electrons. The van der Waals surface area contributed by atoms with Crippen LogP contribution in [0.15, 0.2) is 0 Å². The first-order valence-corrected chi connectivity index (χ1v) is 3.71. The molecule has 1 radical (unpaired) electrons. The Labute approximate surface area is 94.7 Å². The highest BCUT2D eigenvalue weighted by Crippen LogP contribution is 2.59. The molecule has 0 aromatic heterocycles. The fourth-order valence-electron chi connectivity index (χ4n) is 0.837. The van der Waals surface area contributed by atoms with E-state index in [4.69, 9.17) is 0 Å². The first-order chi connectivity index (χ1) is 7.87. The highest BCUT2D eigenvalue weighted by Gasteiger charge is 2.83. The molecule has 19 heavy (non-hydrogen) atoms. The Kier molecular flexibility index (Phi) is 4.09. The van der Waals surface area contributed by atoms with E-state index >= 15 is 0 Å². The third kappa shape index (κ3) is 3.16. The quantitative estimate of drug-likeness (QED) is 0.657. The Morgan fingerprint density at radius 2 is 0.632 bits per heavy atom. The van der Waals surface area contributed by atoms with Crippen LogP contribution >= 0.6 is 0 Å². The minimum absolute atomic E-state index is 5.23. The molecular weight excluding hydrogens is 319 g/mol. The molecule has 0 aliphatic carbocycles. The van der Waals surface area contributed by atoms with Gasteiger partial charge in [0.05, 0.1) is 0 Å². The van der Waals surface area contributed by atoms with Gasteiger partial charge >= 0.3 is 30.4 Å². The summed E-state index contributed by atoms with van der Waals surface area (Å²) in [6, 6.07) is 0. The van der Waals surface area contributed by atoms with E-state index in [-0.39, 0.29) is 0 Å². The van der Waals surface area contributed by atoms with Crippen LogP contribution in [0.1, 0.15) is 0 Å². The van der Waals surface area contributed by atoms with E-state index in [1.165, 1.54) is 0 Å². The molecule has 0 heterocycles. The van der Waals surface area contributed by atoms with E-state index in [1.54, 1.807) is 0 Å². The van der Waals surface area contributed by atoms with Crippen LogP contribution in [0.25, 0.3) is 0 Å². The van der Waals surface area contributed by atoms with Crippen molar-refractivity contribution >= 4 is 0 Å². The van der Waals surface area contributed by atoms with Crippen molar-refractivity contribution in [3.05, 3.63) is 5.92 Å². The summed E-state index contributed by atoms with van der Waals surface area (Å²) in [5, 5.41) is 0. The second-order valence-corrected chi connectivity index (χ2v) is 3.02. The van der Waals surface area contributed by atoms with E-state index in [1.807, 2.05) is 0 Å². The third-order valence-corrected chi connectivity index (χ3v) is 1.62. The zero-order valence-corrected chi connectivity index (χ0v) is 7.91. The molecule has 0 aromatic carbocycles. The number of halogens is 13. The fraction of sp³-hybridized carbons (Fsp3) is 0.833. The maximum atomic E-state index is 12.3. The van der Waals surface area contributed by atoms with Crippen molar-refractivity contribution in [2.45, 2.75) is 30.4 Å². The van der Waals surface area contributed by atoms with Gasteiger partial charge in [-0.2, -0.15) is 57.1 Å². The molecule has 0 unspecified atom stereocenters. The van der Waals surface area contributed by atoms with Crippen LogP contribution in [0.2, 0.25) is 0 Å². The molecule has 0 saturated carbocycles. The van der Waals surface area contributed by atoms with Gasteiger partial charge in [0.25, 0.3) is 0 Å². The lowest BCUT2D eigenvalue weighted by atomic mass is 9.92. The van der Waals surface area contributed by atoms with E-state index in [9.17, 15) is 57.1 Å². The lowest BCUT2D eigenvalue weighted by Crippen LogP contribution is -2.60. The number of hydrogen-bond acceptors (Lipinski definition) is 0. The van der Waals surface area contributed by atoms with Crippen molar-refractivity contribution in [2.75, 3.05) is 0 Å². The minimum atomic E-state index is -7.40. The summed E-state index contributed by atoms with van der Waals surface area (Å²) in [4.78, 5) is 0. The van der Waals surface area contributed by atoms with Gasteiger partial charge < -0.3 is 0 Å². The minimum Gasteiger partial charge on any atom is -0.195 e. The van der Waals surface area contributed by atoms with Gasteiger partial charge in [0.1, 0.15) is 0 Å². The van der Waals surface area contributed by atoms with Gasteiger partial charge in [0.15, 0.2) is 0 Å². The Morgan fingerprint density at radius 1 is 0.421 bits per heavy atom. The topological polar surface area (TPSA) is 0 Å². The van der Waals surface area contributed by atoms with Gasteiger partial charge in [-0.25, -0.2) is 0 Å². The molecule has 0 N–H and O–H groups in total. The second kappa shape index (κ2) is 4.30. The normalized spacial score (nSPS) is 16.1. The molecule has 13 heteroatoms. The number of alkyl halides is 13. The van der Waals surface area contributed by atoms with Gasteiger partial charge in [0.2, 0.25) is 5.92 Å². The molecule has 0 amide bonds. The van der Waals surface area contributed by atoms with Gasteiger partial charge in [-0.1, -0.05) is 0 Å². The van der Waals surface area contributed by atoms with Gasteiger partial charge in [-0.05, 0) is 0 Å². The van der Waals surface area contributed by atoms with Crippen molar-refractivity contribution in [1.29, 1.82) is 0 Å². The molecule has 0 fully saturated rings. The van der Waals surface area contributed by atoms with Gasteiger partial charge in [0, 0.05) is 0 Å². The van der Waals surface area contributed by atoms with Crippen molar-refractivity contribution in [2.24, 2.45) is 0 Å². The molecule has 0 aliphatic rings. The Balaban J connectivity index is 6.05. The molecule has 0 atom stereocenters. The molecule has 0 aliphatic heterocycles. The highest BCUT2D eigenvalue weighted by atomic mass is 19.4. The zero-order valence-electron chi connectivity index (χ0n) is 7.91. The first kappa shape index (κ1) is 18.1. The van der Waals surface area contributed by atoms with Crippen molar-refractivity contribution in [3.8, 4) is 0 Å². The van der Waals surface area contributed by atoms with Gasteiger partial charge in [-0.3, -0.25) is 0 Å². The van der Waals surface area contributed by atoms with E-state index in [0.717, 1.165) is 0 Å². The van der Waals surface area contributed by atoms with Gasteiger partial charge in [-0.15, -0.1) is 0 Å². The molecular formula is C6F13. The fourth-order valence-corrected chi connectivity index (χ4v) is 0.837. The number of hydrogen-bond donors (Lipinski definition) is 0. The van der Waals surface area contributed by atoms with Crippen LogP contribution in [-0.2, 0) is 0 Å². The predicted molar refractivity (Wildman–Crippen MR) is 31.3 cm³/mol. The summed E-state index contributed by atoms with van der Waals surface area (Å²) >= 11 is 0. The molecule has 0 rings (SSSR count). The second-order valence-electron chi connectivity index (χ2n) is 3.02. The van der Waals surface area contributed by atoms with Crippen LogP contribution < -0.4 is 0 Å². The lowest BCUT2D eigenvalue weighted by Gasteiger charge is -2.34. The van der Waals surface area contributed by atoms with Crippen molar-refractivity contribution in [3.63, 3.8) is 0 Å². The van der Waals surface area contributed by atoms with Crippen LogP contribution in [-0.4, -0.2) is 30.4 Å². The Hall–Kier alpha value is -0.910. The van der Waals surface area contributed by atoms with Crippen LogP contribution in [0.5, 0.6) is 0 Å². The van der Waals surface area contributed by atoms with E-state index in [0.29, 0.717) is 0 Å². The Bertz CT molecular complexity index is 287. The predicted octanol–water partition coefficient (Wildman–Crippen LogP) is 4.52. The van der Waals surface area contributed by atoms with Crippen molar-refractivity contribution in [1.82, 2.24) is 0 Å². The molecule has 0 bridgehead atoms. The average Bonchev–Trinajstić information content (AvgIpc) is 1.93. The maximum Gasteiger partial charge on any atom is 0.454 e. The molecule has 0 nitrogen and oxygen atoms in total. The molecule has 0 spiro atoms. The summed E-state index contributed by atoms with van der Waals surface area (Å²) in [6.45, 7) is 0. The Morgan fingerprint density at radius 3 is 0.737 bits per heavy atom. The average molecular weight is 319 g/mol. The zero-order chi connectivity index (χ0) is 16.1. The highest BCUT2D eigenvalue weighted by molar-refractivity contribution is 5.22. The summed E-state index contributed by atoms with van der Waals surface area (Å²) in [5.41, 5.74) is 0. The largest absolute Gasteiger partial charge is 0.454 e. The van der Waals surface area contributed by atoms with E-state index < -0.39 is 36.3 Å². The maximum absolute atomic E-state index is 12.3.